The molecule has 1 aliphatic carbocycles. The summed E-state index contributed by atoms with van der Waals surface area (Å²) in [6.07, 6.45) is 3.88. The van der Waals surface area contributed by atoms with Crippen LogP contribution in [0.1, 0.15) is 25.0 Å². The van der Waals surface area contributed by atoms with E-state index in [9.17, 15) is 13.2 Å². The van der Waals surface area contributed by atoms with Gasteiger partial charge in [0.15, 0.2) is 9.84 Å². The van der Waals surface area contributed by atoms with E-state index in [1.165, 1.54) is 7.11 Å². The van der Waals surface area contributed by atoms with Crippen molar-refractivity contribution < 1.29 is 17.9 Å². The first-order valence-corrected chi connectivity index (χ1v) is 8.42. The van der Waals surface area contributed by atoms with E-state index in [-0.39, 0.29) is 29.3 Å². The molecule has 6 nitrogen and oxygen atoms in total. The minimum absolute atomic E-state index is 0.0763. The zero-order chi connectivity index (χ0) is 14.8. The van der Waals surface area contributed by atoms with Crippen LogP contribution in [-0.4, -0.2) is 42.8 Å². The van der Waals surface area contributed by atoms with Gasteiger partial charge in [0.1, 0.15) is 0 Å². The number of carbonyl (C=O) groups is 1. The van der Waals surface area contributed by atoms with Crippen molar-refractivity contribution in [1.82, 2.24) is 9.78 Å². The average molecular weight is 300 g/mol. The summed E-state index contributed by atoms with van der Waals surface area (Å²) >= 11 is 0. The topological polar surface area (TPSA) is 78.3 Å². The molecule has 112 valence electrons. The minimum atomic E-state index is -3.17. The number of esters is 1. The Morgan fingerprint density at radius 3 is 2.70 bits per heavy atom. The van der Waals surface area contributed by atoms with Gasteiger partial charge in [-0.2, -0.15) is 5.10 Å². The maximum Gasteiger partial charge on any atom is 0.306 e. The van der Waals surface area contributed by atoms with Crippen molar-refractivity contribution in [1.29, 1.82) is 0 Å². The summed E-state index contributed by atoms with van der Waals surface area (Å²) in [6, 6.07) is 1.82. The minimum Gasteiger partial charge on any atom is -0.469 e. The highest BCUT2D eigenvalue weighted by atomic mass is 32.2. The summed E-state index contributed by atoms with van der Waals surface area (Å²) in [5, 5.41) is 4.02. The Bertz CT molecular complexity index is 587. The van der Waals surface area contributed by atoms with Gasteiger partial charge >= 0.3 is 5.97 Å². The molecule has 0 aliphatic heterocycles. The predicted octanol–water partition coefficient (Wildman–Crippen LogP) is 0.721. The van der Waals surface area contributed by atoms with Gasteiger partial charge in [0.25, 0.3) is 0 Å². The molecule has 1 aliphatic rings. The van der Waals surface area contributed by atoms with Crippen molar-refractivity contribution >= 4 is 15.8 Å². The maximum absolute atomic E-state index is 12.2. The van der Waals surface area contributed by atoms with Crippen molar-refractivity contribution in [2.75, 3.05) is 18.6 Å². The summed E-state index contributed by atoms with van der Waals surface area (Å²) < 4.78 is 30.7. The van der Waals surface area contributed by atoms with E-state index in [0.717, 1.165) is 18.5 Å². The third-order valence-corrected chi connectivity index (χ3v) is 5.70. The van der Waals surface area contributed by atoms with Crippen LogP contribution in [0.2, 0.25) is 0 Å². The van der Waals surface area contributed by atoms with Gasteiger partial charge < -0.3 is 4.74 Å². The fourth-order valence-corrected chi connectivity index (χ4v) is 4.36. The zero-order valence-electron chi connectivity index (χ0n) is 11.8. The number of methoxy groups -OCH3 is 1. The third-order valence-electron chi connectivity index (χ3n) is 3.82. The van der Waals surface area contributed by atoms with Crippen LogP contribution in [0.25, 0.3) is 0 Å². The molecule has 0 saturated heterocycles. The van der Waals surface area contributed by atoms with E-state index in [1.807, 2.05) is 6.07 Å². The van der Waals surface area contributed by atoms with Gasteiger partial charge in [0.05, 0.1) is 25.0 Å². The first-order valence-electron chi connectivity index (χ1n) is 6.60. The van der Waals surface area contributed by atoms with Crippen LogP contribution in [0, 0.1) is 5.41 Å². The zero-order valence-corrected chi connectivity index (χ0v) is 12.6. The highest BCUT2D eigenvalue weighted by Crippen LogP contribution is 2.50. The fourth-order valence-electron chi connectivity index (χ4n) is 2.37. The van der Waals surface area contributed by atoms with Crippen molar-refractivity contribution in [3.8, 4) is 0 Å². The second-order valence-electron chi connectivity index (χ2n) is 5.54. The molecule has 0 amide bonds. The third kappa shape index (κ3) is 3.82. The van der Waals surface area contributed by atoms with E-state index in [4.69, 9.17) is 0 Å². The van der Waals surface area contributed by atoms with E-state index >= 15 is 0 Å². The average Bonchev–Trinajstić information content (AvgIpc) is 2.97. The Morgan fingerprint density at radius 1 is 1.50 bits per heavy atom. The molecule has 1 fully saturated rings. The van der Waals surface area contributed by atoms with Crippen LogP contribution >= 0.6 is 0 Å². The Labute approximate surface area is 119 Å². The van der Waals surface area contributed by atoms with Crippen molar-refractivity contribution in [3.05, 3.63) is 18.0 Å². The maximum atomic E-state index is 12.2. The molecule has 0 bridgehead atoms. The van der Waals surface area contributed by atoms with Crippen LogP contribution in [-0.2, 0) is 32.8 Å². The van der Waals surface area contributed by atoms with Gasteiger partial charge in [-0.05, 0) is 24.3 Å². The van der Waals surface area contributed by atoms with Crippen molar-refractivity contribution in [3.63, 3.8) is 0 Å². The van der Waals surface area contributed by atoms with Crippen LogP contribution < -0.4 is 0 Å². The molecular weight excluding hydrogens is 280 g/mol. The van der Waals surface area contributed by atoms with Gasteiger partial charge in [-0.25, -0.2) is 8.42 Å². The fraction of sp³-hybridized carbons (Fsp3) is 0.692. The van der Waals surface area contributed by atoms with E-state index in [0.29, 0.717) is 6.42 Å². The largest absolute Gasteiger partial charge is 0.469 e. The summed E-state index contributed by atoms with van der Waals surface area (Å²) in [7, 11) is -0.0504. The molecule has 0 spiro atoms. The van der Waals surface area contributed by atoms with E-state index in [1.54, 1.807) is 17.9 Å². The van der Waals surface area contributed by atoms with Crippen LogP contribution in [0.3, 0.4) is 0 Å². The highest BCUT2D eigenvalue weighted by Gasteiger charge is 2.47. The number of sulfone groups is 1. The lowest BCUT2D eigenvalue weighted by atomic mass is 10.1. The molecule has 1 heterocycles. The Kier molecular flexibility index (Phi) is 4.17. The lowest BCUT2D eigenvalue weighted by Gasteiger charge is -2.14. The monoisotopic (exact) mass is 300 g/mol. The molecule has 1 saturated carbocycles. The molecule has 0 unspecified atom stereocenters. The number of nitrogens with zero attached hydrogens (tertiary/aromatic N) is 2. The highest BCUT2D eigenvalue weighted by molar-refractivity contribution is 7.91. The molecule has 1 aromatic rings. The molecule has 7 heteroatoms. The van der Waals surface area contributed by atoms with E-state index < -0.39 is 9.84 Å². The Balaban J connectivity index is 1.91. The van der Waals surface area contributed by atoms with Crippen LogP contribution in [0.15, 0.2) is 12.3 Å². The summed E-state index contributed by atoms with van der Waals surface area (Å²) in [6.45, 7) is 0. The number of rotatable bonds is 7. The number of hydrogen-bond donors (Lipinski definition) is 0. The SMILES string of the molecule is COC(=O)CC1(CS(=O)(=O)CCc2ccnn2C)CC1. The Hall–Kier alpha value is -1.37. The van der Waals surface area contributed by atoms with E-state index in [2.05, 4.69) is 9.84 Å². The quantitative estimate of drug-likeness (QED) is 0.693. The standard InChI is InChI=1S/C13H20N2O4S/c1-15-11(3-7-14-15)4-8-20(17,18)10-13(5-6-13)9-12(16)19-2/h3,7H,4-6,8-10H2,1-2H3. The second-order valence-corrected chi connectivity index (χ2v) is 7.73. The molecule has 0 radical (unpaired) electrons. The molecule has 2 rings (SSSR count). The molecular formula is C13H20N2O4S. The van der Waals surface area contributed by atoms with Crippen LogP contribution in [0.5, 0.6) is 0 Å². The summed E-state index contributed by atoms with van der Waals surface area (Å²) in [5.74, 6) is -0.160. The normalized spacial score (nSPS) is 16.9. The Morgan fingerprint density at radius 2 is 2.20 bits per heavy atom. The second kappa shape index (κ2) is 5.55. The number of hydrogen-bond acceptors (Lipinski definition) is 5. The summed E-state index contributed by atoms with van der Waals surface area (Å²) in [4.78, 5) is 11.3. The molecule has 0 atom stereocenters. The van der Waals surface area contributed by atoms with Gasteiger partial charge in [0.2, 0.25) is 0 Å². The molecule has 20 heavy (non-hydrogen) atoms. The smallest absolute Gasteiger partial charge is 0.306 e. The van der Waals surface area contributed by atoms with Gasteiger partial charge in [-0.3, -0.25) is 9.48 Å². The lowest BCUT2D eigenvalue weighted by Crippen LogP contribution is -2.24. The predicted molar refractivity (Wildman–Crippen MR) is 73.9 cm³/mol. The number of aryl methyl sites for hydroxylation is 2. The van der Waals surface area contributed by atoms with Gasteiger partial charge in [-0.1, -0.05) is 0 Å². The number of carbonyl (C=O) groups excluding carboxylic acids is 1. The first-order chi connectivity index (χ1) is 9.36. The molecule has 0 N–H and O–H groups in total. The van der Waals surface area contributed by atoms with Crippen LogP contribution in [0.4, 0.5) is 0 Å². The summed E-state index contributed by atoms with van der Waals surface area (Å²) in [5.41, 5.74) is 0.518. The van der Waals surface area contributed by atoms with Gasteiger partial charge in [0, 0.05) is 25.4 Å². The van der Waals surface area contributed by atoms with Crippen molar-refractivity contribution in [2.45, 2.75) is 25.7 Å². The first kappa shape index (κ1) is 15.0. The molecule has 0 aromatic carbocycles. The van der Waals surface area contributed by atoms with Gasteiger partial charge in [-0.15, -0.1) is 0 Å². The lowest BCUT2D eigenvalue weighted by molar-refractivity contribution is -0.141. The number of aromatic nitrogens is 2. The number of ether oxygens (including phenoxy) is 1. The van der Waals surface area contributed by atoms with Crippen molar-refractivity contribution in [2.24, 2.45) is 12.5 Å². The molecule has 1 aromatic heterocycles.